The van der Waals surface area contributed by atoms with Crippen LogP contribution in [-0.2, 0) is 4.79 Å². The molecule has 0 aliphatic carbocycles. The number of rotatable bonds is 2. The van der Waals surface area contributed by atoms with Gasteiger partial charge >= 0.3 is 6.18 Å². The number of nitrogens with zero attached hydrogens (tertiary/aromatic N) is 4. The van der Waals surface area contributed by atoms with Crippen molar-refractivity contribution in [1.29, 1.82) is 5.41 Å². The summed E-state index contributed by atoms with van der Waals surface area (Å²) >= 11 is 0.192. The van der Waals surface area contributed by atoms with Crippen molar-refractivity contribution in [3.05, 3.63) is 58.7 Å². The van der Waals surface area contributed by atoms with E-state index in [1.54, 1.807) is 42.7 Å². The topological polar surface area (TPSA) is 73.8 Å². The highest BCUT2D eigenvalue weighted by Gasteiger charge is 2.46. The summed E-state index contributed by atoms with van der Waals surface area (Å²) in [5, 5.41) is 10.7. The van der Waals surface area contributed by atoms with Gasteiger partial charge in [-0.2, -0.15) is 28.3 Å². The van der Waals surface area contributed by atoms with Crippen LogP contribution in [0.15, 0.2) is 46.0 Å². The average Bonchev–Trinajstić information content (AvgIpc) is 3.21. The number of fused-ring (bicyclic) bond motifs is 1. The molecule has 0 unspecified atom stereocenters. The van der Waals surface area contributed by atoms with E-state index in [-0.39, 0.29) is 22.5 Å². The van der Waals surface area contributed by atoms with E-state index in [9.17, 15) is 22.4 Å². The Kier molecular flexibility index (Phi) is 4.64. The zero-order valence-corrected chi connectivity index (χ0v) is 16.4. The van der Waals surface area contributed by atoms with Gasteiger partial charge in [0.25, 0.3) is 5.91 Å². The van der Waals surface area contributed by atoms with Crippen LogP contribution in [-0.4, -0.2) is 37.7 Å². The molecule has 11 heteroatoms. The molecule has 1 amide bonds. The first kappa shape index (κ1) is 20.1. The molecule has 6 nitrogen and oxygen atoms in total. The molecule has 0 atom stereocenters. The van der Waals surface area contributed by atoms with Gasteiger partial charge in [0, 0.05) is 11.4 Å². The summed E-state index contributed by atoms with van der Waals surface area (Å²) in [7, 11) is 0. The Morgan fingerprint density at radius 3 is 2.57 bits per heavy atom. The van der Waals surface area contributed by atoms with Crippen LogP contribution in [0.5, 0.6) is 0 Å². The Morgan fingerprint density at radius 2 is 1.90 bits per heavy atom. The Balaban J connectivity index is 1.76. The van der Waals surface area contributed by atoms with Gasteiger partial charge in [0.05, 0.1) is 11.3 Å². The third-order valence-corrected chi connectivity index (χ3v) is 5.51. The molecule has 0 spiro atoms. The lowest BCUT2D eigenvalue weighted by atomic mass is 10.1. The van der Waals surface area contributed by atoms with Gasteiger partial charge in [-0.25, -0.2) is 4.39 Å². The van der Waals surface area contributed by atoms with Crippen molar-refractivity contribution in [3.8, 4) is 5.69 Å². The molecule has 0 bridgehead atoms. The number of hydrogen-bond acceptors (Lipinski definition) is 4. The minimum absolute atomic E-state index is 0.192. The van der Waals surface area contributed by atoms with Crippen LogP contribution in [0, 0.1) is 25.1 Å². The minimum atomic E-state index is -4.71. The van der Waals surface area contributed by atoms with Gasteiger partial charge in [-0.05, 0) is 55.4 Å². The fraction of sp³-hybridized carbons (Fsp3) is 0.158. The van der Waals surface area contributed by atoms with Crippen LogP contribution < -0.4 is 0 Å². The van der Waals surface area contributed by atoms with Crippen molar-refractivity contribution >= 4 is 39.8 Å². The Morgan fingerprint density at radius 1 is 1.20 bits per heavy atom. The van der Waals surface area contributed by atoms with Crippen molar-refractivity contribution < 1.29 is 22.4 Å². The van der Waals surface area contributed by atoms with Crippen LogP contribution in [0.2, 0.25) is 0 Å². The Labute approximate surface area is 172 Å². The van der Waals surface area contributed by atoms with E-state index in [4.69, 9.17) is 5.41 Å². The zero-order valence-electron chi connectivity index (χ0n) is 15.6. The first-order valence-electron chi connectivity index (χ1n) is 8.59. The molecule has 2 aliphatic rings. The molecule has 2 aromatic rings. The number of aliphatic imine (C=N–C) groups is 1. The van der Waals surface area contributed by atoms with E-state index < -0.39 is 28.8 Å². The molecule has 0 saturated carbocycles. The molecule has 0 saturated heterocycles. The van der Waals surface area contributed by atoms with E-state index in [0.717, 1.165) is 0 Å². The molecule has 30 heavy (non-hydrogen) atoms. The number of amidine groups is 2. The second-order valence-electron chi connectivity index (χ2n) is 6.54. The predicted molar refractivity (Wildman–Crippen MR) is 106 cm³/mol. The summed E-state index contributed by atoms with van der Waals surface area (Å²) in [4.78, 5) is 16.0. The number of hydrazone groups is 1. The van der Waals surface area contributed by atoms with E-state index in [1.165, 1.54) is 12.1 Å². The summed E-state index contributed by atoms with van der Waals surface area (Å²) in [6.45, 7) is 3.46. The third-order valence-electron chi connectivity index (χ3n) is 4.56. The Hall–Kier alpha value is -3.21. The number of nitrogens with one attached hydrogen (secondary N) is 1. The molecule has 0 fully saturated rings. The largest absolute Gasteiger partial charge is 0.441 e. The highest BCUT2D eigenvalue weighted by molar-refractivity contribution is 8.27. The van der Waals surface area contributed by atoms with Gasteiger partial charge in [-0.3, -0.25) is 10.2 Å². The smallest absolute Gasteiger partial charge is 0.315 e. The molecule has 3 heterocycles. The number of aryl methyl sites for hydroxylation is 1. The number of halogens is 4. The van der Waals surface area contributed by atoms with E-state index >= 15 is 0 Å². The second-order valence-corrected chi connectivity index (χ2v) is 7.49. The standard InChI is InChI=1S/C19H13F4N5OS/c1-9-7-11(10(2)27(9)14-6-4-3-5-13(14)20)8-12-15(24)28-18(25-16(12)29)30-17(26-28)19(21,22)23/h3-8,24H,1-2H3/b12-8+,24-15?. The number of carbonyl (C=O) groups excluding carboxylic acids is 1. The van der Waals surface area contributed by atoms with Crippen LogP contribution in [0.3, 0.4) is 0 Å². The summed E-state index contributed by atoms with van der Waals surface area (Å²) in [5.41, 5.74) is 1.89. The van der Waals surface area contributed by atoms with Crippen molar-refractivity contribution in [2.75, 3.05) is 0 Å². The molecule has 0 radical (unpaired) electrons. The van der Waals surface area contributed by atoms with Crippen LogP contribution in [0.4, 0.5) is 17.6 Å². The molecular weight excluding hydrogens is 422 g/mol. The third kappa shape index (κ3) is 3.24. The molecule has 4 rings (SSSR count). The second kappa shape index (κ2) is 6.94. The lowest BCUT2D eigenvalue weighted by molar-refractivity contribution is -0.114. The van der Waals surface area contributed by atoms with Gasteiger partial charge in [0.1, 0.15) is 5.82 Å². The fourth-order valence-electron chi connectivity index (χ4n) is 3.20. The van der Waals surface area contributed by atoms with Crippen LogP contribution >= 0.6 is 11.8 Å². The zero-order chi connectivity index (χ0) is 21.8. The van der Waals surface area contributed by atoms with E-state index in [2.05, 4.69) is 10.1 Å². The lowest BCUT2D eigenvalue weighted by Crippen LogP contribution is -2.35. The van der Waals surface area contributed by atoms with Gasteiger partial charge in [-0.1, -0.05) is 12.1 Å². The quantitative estimate of drug-likeness (QED) is 0.561. The summed E-state index contributed by atoms with van der Waals surface area (Å²) in [6.07, 6.45) is -3.35. The first-order valence-corrected chi connectivity index (χ1v) is 9.41. The highest BCUT2D eigenvalue weighted by Crippen LogP contribution is 2.35. The predicted octanol–water partition coefficient (Wildman–Crippen LogP) is 4.41. The molecule has 1 N–H and O–H groups in total. The number of carbonyl (C=O) groups is 1. The number of alkyl halides is 3. The SMILES string of the molecule is Cc1cc(/C=C2\C(=N)N3N=C(C(F)(F)F)SC3=NC2=O)c(C)n1-c1ccccc1F. The van der Waals surface area contributed by atoms with E-state index in [1.807, 2.05) is 0 Å². The molecular formula is C19H13F4N5OS. The number of para-hydroxylation sites is 1. The van der Waals surface area contributed by atoms with Crippen molar-refractivity contribution in [1.82, 2.24) is 9.58 Å². The monoisotopic (exact) mass is 435 g/mol. The van der Waals surface area contributed by atoms with Crippen LogP contribution in [0.1, 0.15) is 17.0 Å². The number of hydrogen-bond donors (Lipinski definition) is 1. The maximum atomic E-state index is 14.2. The minimum Gasteiger partial charge on any atom is -0.315 e. The van der Waals surface area contributed by atoms with Gasteiger partial charge < -0.3 is 4.57 Å². The maximum absolute atomic E-state index is 14.2. The van der Waals surface area contributed by atoms with Gasteiger partial charge in [0.15, 0.2) is 5.84 Å². The molecule has 2 aliphatic heterocycles. The maximum Gasteiger partial charge on any atom is 0.441 e. The first-order chi connectivity index (χ1) is 14.1. The summed E-state index contributed by atoms with van der Waals surface area (Å²) in [6, 6.07) is 7.87. The van der Waals surface area contributed by atoms with Gasteiger partial charge in [0.2, 0.25) is 10.2 Å². The molecule has 1 aromatic heterocycles. The fourth-order valence-corrected chi connectivity index (χ4v) is 3.96. The number of amides is 1. The number of thioether (sulfide) groups is 1. The normalized spacial score (nSPS) is 18.1. The summed E-state index contributed by atoms with van der Waals surface area (Å²) in [5.74, 6) is -1.78. The average molecular weight is 435 g/mol. The number of benzene rings is 1. The van der Waals surface area contributed by atoms with Crippen molar-refractivity contribution in [2.45, 2.75) is 20.0 Å². The molecule has 1 aromatic carbocycles. The van der Waals surface area contributed by atoms with Gasteiger partial charge in [-0.15, -0.1) is 0 Å². The van der Waals surface area contributed by atoms with Crippen LogP contribution in [0.25, 0.3) is 11.8 Å². The number of aromatic nitrogens is 1. The Bertz CT molecular complexity index is 1190. The van der Waals surface area contributed by atoms with E-state index in [0.29, 0.717) is 27.6 Å². The van der Waals surface area contributed by atoms with Crippen molar-refractivity contribution in [2.24, 2.45) is 10.1 Å². The highest BCUT2D eigenvalue weighted by atomic mass is 32.2. The summed E-state index contributed by atoms with van der Waals surface area (Å²) < 4.78 is 54.7. The lowest BCUT2D eigenvalue weighted by Gasteiger charge is -2.20. The molecule has 154 valence electrons. The van der Waals surface area contributed by atoms with Crippen molar-refractivity contribution in [3.63, 3.8) is 0 Å².